The fourth-order valence-corrected chi connectivity index (χ4v) is 6.22. The maximum atomic E-state index is 6.09. The summed E-state index contributed by atoms with van der Waals surface area (Å²) in [6.45, 7) is 6.64. The van der Waals surface area contributed by atoms with Crippen LogP contribution in [0.1, 0.15) is 33.6 Å². The summed E-state index contributed by atoms with van der Waals surface area (Å²) in [6, 6.07) is 4.16. The largest absolute Gasteiger partial charge is 0.414 e. The minimum absolute atomic E-state index is 0.458. The van der Waals surface area contributed by atoms with E-state index in [0.29, 0.717) is 6.10 Å². The highest BCUT2D eigenvalue weighted by molar-refractivity contribution is 6.74. The van der Waals surface area contributed by atoms with Gasteiger partial charge in [-0.3, -0.25) is 0 Å². The molecule has 0 bridgehead atoms. The Balaban J connectivity index is 2.45. The minimum Gasteiger partial charge on any atom is -0.414 e. The molecule has 0 atom stereocenters. The number of hydrogen-bond acceptors (Lipinski definition) is 1. The SMILES string of the molecule is CC[Si]1(OC(C)C)CCCC1. The van der Waals surface area contributed by atoms with Crippen molar-refractivity contribution in [3.05, 3.63) is 0 Å². The third-order valence-electron chi connectivity index (χ3n) is 2.64. The lowest BCUT2D eigenvalue weighted by molar-refractivity contribution is 0.228. The molecule has 0 spiro atoms. The molecule has 0 unspecified atom stereocenters. The highest BCUT2D eigenvalue weighted by atomic mass is 28.4. The molecule has 66 valence electrons. The van der Waals surface area contributed by atoms with Crippen molar-refractivity contribution < 1.29 is 4.43 Å². The quantitative estimate of drug-likeness (QED) is 0.594. The molecule has 1 fully saturated rings. The highest BCUT2D eigenvalue weighted by Crippen LogP contribution is 2.34. The molecule has 1 saturated heterocycles. The van der Waals surface area contributed by atoms with Crippen molar-refractivity contribution in [3.63, 3.8) is 0 Å². The molecule has 1 rings (SSSR count). The first-order valence-corrected chi connectivity index (χ1v) is 7.39. The first-order chi connectivity index (χ1) is 5.18. The van der Waals surface area contributed by atoms with Gasteiger partial charge in [0.2, 0.25) is 0 Å². The molecule has 0 amide bonds. The van der Waals surface area contributed by atoms with Crippen molar-refractivity contribution in [1.82, 2.24) is 0 Å². The van der Waals surface area contributed by atoms with Gasteiger partial charge in [0.05, 0.1) is 0 Å². The van der Waals surface area contributed by atoms with Crippen LogP contribution in [0.25, 0.3) is 0 Å². The second-order valence-electron chi connectivity index (χ2n) is 3.91. The van der Waals surface area contributed by atoms with Crippen molar-refractivity contribution in [2.24, 2.45) is 0 Å². The van der Waals surface area contributed by atoms with E-state index in [-0.39, 0.29) is 0 Å². The van der Waals surface area contributed by atoms with Crippen molar-refractivity contribution in [2.45, 2.75) is 57.8 Å². The molecule has 1 aliphatic rings. The zero-order valence-electron chi connectivity index (χ0n) is 8.02. The van der Waals surface area contributed by atoms with Crippen LogP contribution in [0.4, 0.5) is 0 Å². The third-order valence-corrected chi connectivity index (χ3v) is 7.43. The van der Waals surface area contributed by atoms with E-state index in [1.54, 1.807) is 0 Å². The monoisotopic (exact) mass is 172 g/mol. The normalized spacial score (nSPS) is 22.9. The van der Waals surface area contributed by atoms with E-state index in [1.807, 2.05) is 0 Å². The Morgan fingerprint density at radius 2 is 1.82 bits per heavy atom. The molecule has 1 heterocycles. The molecule has 2 heteroatoms. The molecule has 0 aliphatic carbocycles. The van der Waals surface area contributed by atoms with Crippen LogP contribution in [0, 0.1) is 0 Å². The van der Waals surface area contributed by atoms with Gasteiger partial charge in [-0.1, -0.05) is 19.8 Å². The van der Waals surface area contributed by atoms with Crippen molar-refractivity contribution in [2.75, 3.05) is 0 Å². The van der Waals surface area contributed by atoms with Crippen LogP contribution in [-0.4, -0.2) is 14.4 Å². The van der Waals surface area contributed by atoms with Gasteiger partial charge in [-0.25, -0.2) is 0 Å². The molecular formula is C9H20OSi. The Bertz CT molecular complexity index is 117. The summed E-state index contributed by atoms with van der Waals surface area (Å²) >= 11 is 0. The lowest BCUT2D eigenvalue weighted by Crippen LogP contribution is -2.36. The van der Waals surface area contributed by atoms with Gasteiger partial charge in [-0.2, -0.15) is 0 Å². The predicted molar refractivity (Wildman–Crippen MR) is 51.3 cm³/mol. The van der Waals surface area contributed by atoms with Crippen molar-refractivity contribution in [1.29, 1.82) is 0 Å². The number of hydrogen-bond donors (Lipinski definition) is 0. The maximum absolute atomic E-state index is 6.09. The lowest BCUT2D eigenvalue weighted by Gasteiger charge is -2.27. The van der Waals surface area contributed by atoms with Gasteiger partial charge in [-0.15, -0.1) is 0 Å². The van der Waals surface area contributed by atoms with Gasteiger partial charge in [0.15, 0.2) is 8.32 Å². The van der Waals surface area contributed by atoms with E-state index in [9.17, 15) is 0 Å². The number of rotatable bonds is 3. The zero-order valence-corrected chi connectivity index (χ0v) is 9.02. The van der Waals surface area contributed by atoms with E-state index in [1.165, 1.54) is 31.0 Å². The topological polar surface area (TPSA) is 9.23 Å². The summed E-state index contributed by atoms with van der Waals surface area (Å²) in [5, 5.41) is 0. The molecule has 1 nitrogen and oxygen atoms in total. The van der Waals surface area contributed by atoms with Gasteiger partial charge in [-0.05, 0) is 32.0 Å². The summed E-state index contributed by atoms with van der Waals surface area (Å²) < 4.78 is 6.09. The average Bonchev–Trinajstić information content (AvgIpc) is 2.36. The first-order valence-electron chi connectivity index (χ1n) is 4.86. The highest BCUT2D eigenvalue weighted by Gasteiger charge is 2.36. The predicted octanol–water partition coefficient (Wildman–Crippen LogP) is 3.17. The van der Waals surface area contributed by atoms with Crippen LogP contribution >= 0.6 is 0 Å². The van der Waals surface area contributed by atoms with Crippen molar-refractivity contribution >= 4 is 8.32 Å². The molecule has 0 aromatic rings. The Morgan fingerprint density at radius 3 is 2.18 bits per heavy atom. The van der Waals surface area contributed by atoms with Gasteiger partial charge in [0, 0.05) is 6.10 Å². The third kappa shape index (κ3) is 2.31. The van der Waals surface area contributed by atoms with E-state index >= 15 is 0 Å². The Labute approximate surface area is 71.3 Å². The smallest absolute Gasteiger partial charge is 0.192 e. The molecule has 11 heavy (non-hydrogen) atoms. The lowest BCUT2D eigenvalue weighted by atomic mass is 10.4. The van der Waals surface area contributed by atoms with E-state index in [2.05, 4.69) is 20.8 Å². The fraction of sp³-hybridized carbons (Fsp3) is 1.00. The fourth-order valence-electron chi connectivity index (χ4n) is 2.07. The molecule has 0 saturated carbocycles. The summed E-state index contributed by atoms with van der Waals surface area (Å²) in [5.74, 6) is 0. The van der Waals surface area contributed by atoms with Crippen LogP contribution < -0.4 is 0 Å². The maximum Gasteiger partial charge on any atom is 0.192 e. The van der Waals surface area contributed by atoms with E-state index in [4.69, 9.17) is 4.43 Å². The standard InChI is InChI=1S/C9H20OSi/c1-4-11(10-9(2)3)7-5-6-8-11/h9H,4-8H2,1-3H3. The van der Waals surface area contributed by atoms with Gasteiger partial charge < -0.3 is 4.43 Å². The second kappa shape index (κ2) is 3.72. The van der Waals surface area contributed by atoms with Gasteiger partial charge in [0.25, 0.3) is 0 Å². The summed E-state index contributed by atoms with van der Waals surface area (Å²) in [7, 11) is -1.17. The van der Waals surface area contributed by atoms with Gasteiger partial charge in [0.1, 0.15) is 0 Å². The first kappa shape index (κ1) is 9.27. The van der Waals surface area contributed by atoms with Crippen LogP contribution in [0.15, 0.2) is 0 Å². The second-order valence-corrected chi connectivity index (χ2v) is 8.22. The summed E-state index contributed by atoms with van der Waals surface area (Å²) in [4.78, 5) is 0. The van der Waals surface area contributed by atoms with Crippen molar-refractivity contribution in [3.8, 4) is 0 Å². The molecule has 1 aliphatic heterocycles. The molecular weight excluding hydrogens is 152 g/mol. The van der Waals surface area contributed by atoms with E-state index in [0.717, 1.165) is 0 Å². The Kier molecular flexibility index (Phi) is 3.13. The van der Waals surface area contributed by atoms with E-state index < -0.39 is 8.32 Å². The Morgan fingerprint density at radius 1 is 1.27 bits per heavy atom. The molecule has 0 aromatic carbocycles. The molecule has 0 N–H and O–H groups in total. The summed E-state index contributed by atoms with van der Waals surface area (Å²) in [5.41, 5.74) is 0. The van der Waals surface area contributed by atoms with Crippen LogP contribution in [0.2, 0.25) is 18.1 Å². The average molecular weight is 172 g/mol. The van der Waals surface area contributed by atoms with Crippen LogP contribution in [0.3, 0.4) is 0 Å². The minimum atomic E-state index is -1.17. The molecule has 0 aromatic heterocycles. The Hall–Kier alpha value is 0.177. The van der Waals surface area contributed by atoms with Crippen LogP contribution in [0.5, 0.6) is 0 Å². The molecule has 0 radical (unpaired) electrons. The summed E-state index contributed by atoms with van der Waals surface area (Å²) in [6.07, 6.45) is 3.30. The van der Waals surface area contributed by atoms with Gasteiger partial charge >= 0.3 is 0 Å². The zero-order chi connectivity index (χ0) is 8.32. The van der Waals surface area contributed by atoms with Crippen LogP contribution in [-0.2, 0) is 4.43 Å².